The Bertz CT molecular complexity index is 1170. The summed E-state index contributed by atoms with van der Waals surface area (Å²) in [5.41, 5.74) is 7.20. The highest BCUT2D eigenvalue weighted by atomic mass is 35.5. The summed E-state index contributed by atoms with van der Waals surface area (Å²) in [6, 6.07) is 22.5. The first-order valence-electron chi connectivity index (χ1n) is 10.2. The average molecular weight is 429 g/mol. The van der Waals surface area contributed by atoms with E-state index in [2.05, 4.69) is 5.43 Å². The lowest BCUT2D eigenvalue weighted by molar-refractivity contribution is -0.142. The zero-order valence-corrected chi connectivity index (χ0v) is 17.0. The molecule has 3 aromatic rings. The van der Waals surface area contributed by atoms with Gasteiger partial charge in [0, 0.05) is 22.4 Å². The maximum Gasteiger partial charge on any atom is 0.270 e. The van der Waals surface area contributed by atoms with Gasteiger partial charge in [-0.25, -0.2) is 0 Å². The van der Waals surface area contributed by atoms with Gasteiger partial charge in [0.15, 0.2) is 0 Å². The highest BCUT2D eigenvalue weighted by molar-refractivity contribution is 6.31. The van der Waals surface area contributed by atoms with Crippen molar-refractivity contribution in [1.82, 2.24) is 10.4 Å². The van der Waals surface area contributed by atoms with Crippen LogP contribution in [-0.4, -0.2) is 22.7 Å². The summed E-state index contributed by atoms with van der Waals surface area (Å²) >= 11 is 5.98. The van der Waals surface area contributed by atoms with Gasteiger partial charge in [0.25, 0.3) is 17.7 Å². The molecule has 2 bridgehead atoms. The van der Waals surface area contributed by atoms with E-state index in [0.29, 0.717) is 5.02 Å². The highest BCUT2D eigenvalue weighted by Crippen LogP contribution is 2.60. The Morgan fingerprint density at radius 1 is 0.742 bits per heavy atom. The number of hydrogen-bond acceptors (Lipinski definition) is 3. The van der Waals surface area contributed by atoms with Gasteiger partial charge in [0.05, 0.1) is 11.8 Å². The van der Waals surface area contributed by atoms with Crippen LogP contribution in [-0.2, 0) is 9.59 Å². The molecule has 0 radical (unpaired) electrons. The molecule has 0 saturated carbocycles. The minimum Gasteiger partial charge on any atom is -0.272 e. The SMILES string of the molecule is O=C(NN1C(=O)C2C3c4ccccc4C(c4ccccc43)C2C1=O)c1cccc(Cl)c1. The molecule has 3 aliphatic carbocycles. The van der Waals surface area contributed by atoms with Gasteiger partial charge >= 0.3 is 0 Å². The van der Waals surface area contributed by atoms with E-state index in [1.54, 1.807) is 18.2 Å². The number of carbonyl (C=O) groups is 3. The minimum absolute atomic E-state index is 0.202. The first-order valence-corrected chi connectivity index (χ1v) is 10.6. The molecule has 1 saturated heterocycles. The Kier molecular flexibility index (Phi) is 3.86. The molecule has 0 spiro atoms. The Morgan fingerprint density at radius 2 is 1.23 bits per heavy atom. The van der Waals surface area contributed by atoms with Gasteiger partial charge in [0.2, 0.25) is 0 Å². The van der Waals surface area contributed by atoms with Crippen molar-refractivity contribution in [2.75, 3.05) is 0 Å². The predicted octanol–water partition coefficient (Wildman–Crippen LogP) is 3.88. The largest absolute Gasteiger partial charge is 0.272 e. The summed E-state index contributed by atoms with van der Waals surface area (Å²) in [6.45, 7) is 0. The fraction of sp³-hybridized carbons (Fsp3) is 0.160. The van der Waals surface area contributed by atoms with E-state index < -0.39 is 17.7 Å². The highest BCUT2D eigenvalue weighted by Gasteiger charge is 2.62. The van der Waals surface area contributed by atoms with Crippen LogP contribution in [0.4, 0.5) is 0 Å². The molecule has 7 rings (SSSR count). The van der Waals surface area contributed by atoms with Gasteiger partial charge in [-0.15, -0.1) is 0 Å². The summed E-state index contributed by atoms with van der Waals surface area (Å²) in [5.74, 6) is -2.71. The van der Waals surface area contributed by atoms with Crippen LogP contribution >= 0.6 is 11.6 Å². The topological polar surface area (TPSA) is 66.5 Å². The van der Waals surface area contributed by atoms with Crippen LogP contribution in [0.2, 0.25) is 5.02 Å². The third-order valence-electron chi connectivity index (χ3n) is 6.75. The van der Waals surface area contributed by atoms with E-state index in [1.165, 1.54) is 6.07 Å². The van der Waals surface area contributed by atoms with Crippen molar-refractivity contribution < 1.29 is 14.4 Å². The summed E-state index contributed by atoms with van der Waals surface area (Å²) in [5, 5.41) is 1.33. The van der Waals surface area contributed by atoms with Crippen LogP contribution in [0.15, 0.2) is 72.8 Å². The first kappa shape index (κ1) is 18.3. The Hall–Kier alpha value is -3.44. The second kappa shape index (κ2) is 6.53. The first-order chi connectivity index (χ1) is 15.1. The lowest BCUT2D eigenvalue weighted by Gasteiger charge is -2.45. The molecule has 5 nitrogen and oxygen atoms in total. The van der Waals surface area contributed by atoms with Gasteiger partial charge in [-0.2, -0.15) is 5.01 Å². The van der Waals surface area contributed by atoms with Crippen molar-refractivity contribution in [3.05, 3.63) is 106 Å². The average Bonchev–Trinajstić information content (AvgIpc) is 3.04. The number of nitrogens with one attached hydrogen (secondary N) is 1. The predicted molar refractivity (Wildman–Crippen MR) is 114 cm³/mol. The maximum absolute atomic E-state index is 13.5. The number of amides is 3. The standard InChI is InChI=1S/C25H17ClN2O3/c26-14-7-5-6-13(12-14)23(29)27-28-24(30)21-19-15-8-1-2-9-16(15)20(22(21)25(28)31)18-11-4-3-10-17(18)19/h1-12,19-22H,(H,27,29). The second-order valence-electron chi connectivity index (χ2n) is 8.23. The quantitative estimate of drug-likeness (QED) is 0.630. The molecular formula is C25H17ClN2O3. The zero-order valence-electron chi connectivity index (χ0n) is 16.3. The number of benzene rings is 3. The molecule has 0 aromatic heterocycles. The molecule has 152 valence electrons. The molecule has 2 unspecified atom stereocenters. The summed E-state index contributed by atoms with van der Waals surface area (Å²) in [6.07, 6.45) is 0. The van der Waals surface area contributed by atoms with Crippen LogP contribution in [0.3, 0.4) is 0 Å². The third kappa shape index (κ3) is 2.47. The summed E-state index contributed by atoms with van der Waals surface area (Å²) < 4.78 is 0. The van der Waals surface area contributed by atoms with E-state index in [4.69, 9.17) is 11.6 Å². The summed E-state index contributed by atoms with van der Waals surface area (Å²) in [7, 11) is 0. The van der Waals surface area contributed by atoms with E-state index in [9.17, 15) is 14.4 Å². The molecule has 1 heterocycles. The molecule has 3 amide bonds. The molecule has 1 fully saturated rings. The number of imide groups is 1. The molecule has 3 aromatic carbocycles. The number of rotatable bonds is 2. The van der Waals surface area contributed by atoms with Crippen LogP contribution < -0.4 is 5.43 Å². The monoisotopic (exact) mass is 428 g/mol. The lowest BCUT2D eigenvalue weighted by Crippen LogP contribution is -2.46. The molecule has 2 atom stereocenters. The molecule has 31 heavy (non-hydrogen) atoms. The molecule has 4 aliphatic rings. The van der Waals surface area contributed by atoms with Crippen molar-refractivity contribution in [2.45, 2.75) is 11.8 Å². The number of halogens is 1. The van der Waals surface area contributed by atoms with Crippen LogP contribution in [0, 0.1) is 11.8 Å². The van der Waals surface area contributed by atoms with Gasteiger partial charge < -0.3 is 0 Å². The second-order valence-corrected chi connectivity index (χ2v) is 8.66. The fourth-order valence-electron chi connectivity index (χ4n) is 5.58. The van der Waals surface area contributed by atoms with Crippen molar-refractivity contribution in [3.8, 4) is 0 Å². The van der Waals surface area contributed by atoms with Crippen LogP contribution in [0.1, 0.15) is 44.4 Å². The Balaban J connectivity index is 1.42. The Morgan fingerprint density at radius 3 is 1.68 bits per heavy atom. The van der Waals surface area contributed by atoms with E-state index >= 15 is 0 Å². The fourth-order valence-corrected chi connectivity index (χ4v) is 5.77. The number of hydrogen-bond donors (Lipinski definition) is 1. The number of hydrazine groups is 1. The summed E-state index contributed by atoms with van der Waals surface area (Å²) in [4.78, 5) is 39.7. The molecule has 6 heteroatoms. The van der Waals surface area contributed by atoms with Crippen LogP contribution in [0.25, 0.3) is 0 Å². The Labute approximate surface area is 183 Å². The van der Waals surface area contributed by atoms with E-state index in [-0.39, 0.29) is 29.2 Å². The van der Waals surface area contributed by atoms with E-state index in [0.717, 1.165) is 27.3 Å². The third-order valence-corrected chi connectivity index (χ3v) is 6.98. The van der Waals surface area contributed by atoms with Gasteiger partial charge in [-0.3, -0.25) is 19.8 Å². The van der Waals surface area contributed by atoms with Crippen molar-refractivity contribution in [2.24, 2.45) is 11.8 Å². The normalized spacial score (nSPS) is 25.1. The number of nitrogens with zero attached hydrogens (tertiary/aromatic N) is 1. The van der Waals surface area contributed by atoms with Crippen molar-refractivity contribution >= 4 is 29.3 Å². The van der Waals surface area contributed by atoms with Crippen molar-refractivity contribution in [3.63, 3.8) is 0 Å². The lowest BCUT2D eigenvalue weighted by atomic mass is 9.55. The van der Waals surface area contributed by atoms with Crippen molar-refractivity contribution in [1.29, 1.82) is 0 Å². The molecular weight excluding hydrogens is 412 g/mol. The van der Waals surface area contributed by atoms with Gasteiger partial charge in [0.1, 0.15) is 0 Å². The van der Waals surface area contributed by atoms with E-state index in [1.807, 2.05) is 48.5 Å². The number of carbonyl (C=O) groups excluding carboxylic acids is 3. The smallest absolute Gasteiger partial charge is 0.270 e. The zero-order chi connectivity index (χ0) is 21.3. The van der Waals surface area contributed by atoms with Gasteiger partial charge in [-0.1, -0.05) is 66.2 Å². The molecule has 1 aliphatic heterocycles. The van der Waals surface area contributed by atoms with Gasteiger partial charge in [-0.05, 0) is 40.5 Å². The molecule has 1 N–H and O–H groups in total. The minimum atomic E-state index is -0.537. The van der Waals surface area contributed by atoms with Crippen LogP contribution in [0.5, 0.6) is 0 Å². The maximum atomic E-state index is 13.5.